The molecule has 2 aliphatic carbocycles. The van der Waals surface area contributed by atoms with Crippen LogP contribution in [0.3, 0.4) is 0 Å². The van der Waals surface area contributed by atoms with Crippen LogP contribution in [0.25, 0.3) is 0 Å². The minimum Gasteiger partial charge on any atom is -0.465 e. The van der Waals surface area contributed by atoms with Gasteiger partial charge in [0.15, 0.2) is 0 Å². The number of nitrogens with zero attached hydrogens (tertiary/aromatic N) is 1. The first-order valence-corrected chi connectivity index (χ1v) is 11.5. The Morgan fingerprint density at radius 2 is 1.94 bits per heavy atom. The summed E-state index contributed by atoms with van der Waals surface area (Å²) in [6, 6.07) is 5.23. The monoisotopic (exact) mass is 466 g/mol. The van der Waals surface area contributed by atoms with E-state index in [4.69, 9.17) is 26.6 Å². The zero-order valence-corrected chi connectivity index (χ0v) is 19.4. The third kappa shape index (κ3) is 7.09. The lowest BCUT2D eigenvalue weighted by atomic mass is 9.62. The normalized spacial score (nSPS) is 22.0. The van der Waals surface area contributed by atoms with Crippen molar-refractivity contribution in [3.05, 3.63) is 41.8 Å². The fourth-order valence-corrected chi connectivity index (χ4v) is 5.26. The molecule has 0 atom stereocenters. The Labute approximate surface area is 196 Å². The number of carbonyl (C=O) groups excluding carboxylic acids is 1. The van der Waals surface area contributed by atoms with E-state index in [0.29, 0.717) is 17.1 Å². The first-order chi connectivity index (χ1) is 14.9. The predicted molar refractivity (Wildman–Crippen MR) is 124 cm³/mol. The zero-order valence-electron chi connectivity index (χ0n) is 18.7. The Balaban J connectivity index is 0.00000363. The highest BCUT2D eigenvalue weighted by atomic mass is 35.5. The van der Waals surface area contributed by atoms with Gasteiger partial charge in [0.05, 0.1) is 30.4 Å². The number of ether oxygens (including phenoxy) is 1. The Morgan fingerprint density at radius 1 is 1.22 bits per heavy atom. The van der Waals surface area contributed by atoms with Crippen molar-refractivity contribution in [3.63, 3.8) is 0 Å². The number of benzene rings is 1. The summed E-state index contributed by atoms with van der Waals surface area (Å²) in [6.45, 7) is 1.13. The van der Waals surface area contributed by atoms with E-state index < -0.39 is 6.09 Å². The predicted octanol–water partition coefficient (Wildman–Crippen LogP) is 4.25. The van der Waals surface area contributed by atoms with Gasteiger partial charge in [-0.3, -0.25) is 4.79 Å². The van der Waals surface area contributed by atoms with Gasteiger partial charge in [-0.1, -0.05) is 50.8 Å². The van der Waals surface area contributed by atoms with Crippen LogP contribution >= 0.6 is 11.6 Å². The smallest absolute Gasteiger partial charge is 0.407 e. The molecule has 2 saturated carbocycles. The van der Waals surface area contributed by atoms with Gasteiger partial charge in [0.25, 0.3) is 5.91 Å². The highest BCUT2D eigenvalue weighted by molar-refractivity contribution is 6.33. The molecule has 0 aromatic heterocycles. The summed E-state index contributed by atoms with van der Waals surface area (Å²) in [5.74, 6) is 0.659. The van der Waals surface area contributed by atoms with Gasteiger partial charge in [0, 0.05) is 19.6 Å². The Morgan fingerprint density at radius 3 is 2.59 bits per heavy atom. The third-order valence-corrected chi connectivity index (χ3v) is 7.00. The molecule has 0 aliphatic heterocycles. The van der Waals surface area contributed by atoms with Crippen molar-refractivity contribution in [2.24, 2.45) is 11.3 Å². The highest BCUT2D eigenvalue weighted by Crippen LogP contribution is 2.48. The molecule has 0 heterocycles. The SMILES string of the molecule is O=C(NCC12CCCC(CCC1)C2)c1cc(COCCN(CCO)C(=O)O)ccc1Cl.[CH2]. The van der Waals surface area contributed by atoms with Gasteiger partial charge in [0.1, 0.15) is 0 Å². The number of carbonyl (C=O) groups is 2. The van der Waals surface area contributed by atoms with Gasteiger partial charge in [-0.05, 0) is 48.3 Å². The summed E-state index contributed by atoms with van der Waals surface area (Å²) < 4.78 is 5.57. The van der Waals surface area contributed by atoms with Crippen LogP contribution in [0.4, 0.5) is 4.79 Å². The fourth-order valence-electron chi connectivity index (χ4n) is 5.06. The molecule has 32 heavy (non-hydrogen) atoms. The van der Waals surface area contributed by atoms with Crippen LogP contribution in [0, 0.1) is 18.8 Å². The third-order valence-electron chi connectivity index (χ3n) is 6.67. The summed E-state index contributed by atoms with van der Waals surface area (Å²) in [7, 11) is 0. The van der Waals surface area contributed by atoms with Crippen LogP contribution in [0.1, 0.15) is 60.9 Å². The fraction of sp³-hybridized carbons (Fsp3) is 0.625. The number of fused-ring (bicyclic) bond motifs is 2. The molecule has 0 spiro atoms. The van der Waals surface area contributed by atoms with Gasteiger partial charge in [-0.25, -0.2) is 4.79 Å². The van der Waals surface area contributed by atoms with Crippen molar-refractivity contribution in [3.8, 4) is 0 Å². The Kier molecular flexibility index (Phi) is 10.3. The molecule has 0 unspecified atom stereocenters. The van der Waals surface area contributed by atoms with Crippen LogP contribution in [-0.2, 0) is 11.3 Å². The molecule has 1 aromatic carbocycles. The van der Waals surface area contributed by atoms with E-state index >= 15 is 0 Å². The van der Waals surface area contributed by atoms with Crippen molar-refractivity contribution >= 4 is 23.6 Å². The maximum absolute atomic E-state index is 12.9. The molecular weight excluding hydrogens is 432 g/mol. The van der Waals surface area contributed by atoms with Crippen LogP contribution in [0.2, 0.25) is 5.02 Å². The standard InChI is InChI=1S/C23H33ClN2O5.CH2/c24-20-6-5-18(15-31-12-10-26(9-11-27)22(29)30)13-19(20)21(28)25-16-23-7-1-3-17(14-23)4-2-8-23;/h5-6,13,17,27H,1-4,7-12,14-16H2,(H,25,28)(H,29,30);1H2. The molecule has 3 N–H and O–H groups in total. The average molecular weight is 467 g/mol. The molecule has 3 rings (SSSR count). The topological polar surface area (TPSA) is 99.1 Å². The first-order valence-electron chi connectivity index (χ1n) is 11.2. The van der Waals surface area contributed by atoms with Crippen molar-refractivity contribution in [1.29, 1.82) is 0 Å². The lowest BCUT2D eigenvalue weighted by Gasteiger charge is -2.45. The molecule has 2 bridgehead atoms. The quantitative estimate of drug-likeness (QED) is 0.448. The second-order valence-electron chi connectivity index (χ2n) is 8.90. The maximum Gasteiger partial charge on any atom is 0.407 e. The van der Waals surface area contributed by atoms with Gasteiger partial charge < -0.3 is 25.2 Å². The number of amides is 2. The number of aliphatic hydroxyl groups excluding tert-OH is 1. The number of hydrogen-bond acceptors (Lipinski definition) is 4. The average Bonchev–Trinajstić information content (AvgIpc) is 2.75. The molecule has 2 amide bonds. The van der Waals surface area contributed by atoms with Crippen LogP contribution in [-0.4, -0.2) is 60.0 Å². The Bertz CT molecular complexity index is 763. The second kappa shape index (κ2) is 12.4. The Hall–Kier alpha value is -1.83. The van der Waals surface area contributed by atoms with Crippen molar-refractivity contribution in [2.75, 3.05) is 32.8 Å². The van der Waals surface area contributed by atoms with Gasteiger partial charge in [-0.15, -0.1) is 0 Å². The van der Waals surface area contributed by atoms with E-state index in [-0.39, 0.29) is 51.7 Å². The van der Waals surface area contributed by atoms with E-state index in [1.807, 2.05) is 0 Å². The van der Waals surface area contributed by atoms with Gasteiger partial charge in [-0.2, -0.15) is 0 Å². The summed E-state index contributed by atoms with van der Waals surface area (Å²) >= 11 is 6.29. The molecule has 2 fully saturated rings. The van der Waals surface area contributed by atoms with Crippen LogP contribution < -0.4 is 5.32 Å². The molecule has 0 saturated heterocycles. The maximum atomic E-state index is 12.9. The minimum atomic E-state index is -1.09. The number of nitrogens with one attached hydrogen (secondary N) is 1. The molecule has 1 aromatic rings. The summed E-state index contributed by atoms with van der Waals surface area (Å²) in [6.07, 6.45) is 7.67. The van der Waals surface area contributed by atoms with E-state index in [0.717, 1.165) is 16.4 Å². The van der Waals surface area contributed by atoms with Gasteiger partial charge >= 0.3 is 6.09 Å². The highest BCUT2D eigenvalue weighted by Gasteiger charge is 2.39. The molecule has 2 aliphatic rings. The van der Waals surface area contributed by atoms with Crippen molar-refractivity contribution < 1.29 is 24.5 Å². The number of rotatable bonds is 10. The molecule has 178 valence electrons. The van der Waals surface area contributed by atoms with Gasteiger partial charge in [0.2, 0.25) is 0 Å². The van der Waals surface area contributed by atoms with E-state index in [1.54, 1.807) is 18.2 Å². The molecule has 8 heteroatoms. The molecule has 7 nitrogen and oxygen atoms in total. The van der Waals surface area contributed by atoms with E-state index in [1.165, 1.54) is 44.9 Å². The summed E-state index contributed by atoms with van der Waals surface area (Å²) in [5, 5.41) is 21.5. The van der Waals surface area contributed by atoms with Crippen molar-refractivity contribution in [2.45, 2.75) is 51.6 Å². The minimum absolute atomic E-state index is 0. The number of carboxylic acid groups (broad SMARTS) is 1. The number of hydrogen-bond donors (Lipinski definition) is 3. The summed E-state index contributed by atoms with van der Waals surface area (Å²) in [5.41, 5.74) is 1.48. The zero-order chi connectivity index (χ0) is 22.3. The van der Waals surface area contributed by atoms with Crippen molar-refractivity contribution in [1.82, 2.24) is 10.2 Å². The number of halogens is 1. The van der Waals surface area contributed by atoms with E-state index in [2.05, 4.69) is 5.32 Å². The molecular formula is C24H35ClN2O5. The largest absolute Gasteiger partial charge is 0.465 e. The van der Waals surface area contributed by atoms with Crippen LogP contribution in [0.5, 0.6) is 0 Å². The van der Waals surface area contributed by atoms with E-state index in [9.17, 15) is 9.59 Å². The first kappa shape index (κ1) is 26.4. The lowest BCUT2D eigenvalue weighted by Crippen LogP contribution is -2.43. The number of aliphatic hydroxyl groups is 1. The summed E-state index contributed by atoms with van der Waals surface area (Å²) in [4.78, 5) is 25.0. The second-order valence-corrected chi connectivity index (χ2v) is 9.30. The lowest BCUT2D eigenvalue weighted by molar-refractivity contribution is 0.0681. The van der Waals surface area contributed by atoms with Crippen LogP contribution in [0.15, 0.2) is 18.2 Å². The molecule has 2 radical (unpaired) electrons.